The topological polar surface area (TPSA) is 62.7 Å². The molecule has 21 heavy (non-hydrogen) atoms. The lowest BCUT2D eigenvalue weighted by atomic mass is 10.1. The van der Waals surface area contributed by atoms with Gasteiger partial charge in [-0.05, 0) is 25.5 Å². The van der Waals surface area contributed by atoms with Crippen LogP contribution in [-0.4, -0.2) is 41.9 Å². The van der Waals surface area contributed by atoms with E-state index in [9.17, 15) is 9.90 Å². The van der Waals surface area contributed by atoms with Gasteiger partial charge in [0.15, 0.2) is 0 Å². The molecule has 1 aliphatic rings. The quantitative estimate of drug-likeness (QED) is 0.939. The molecule has 1 N–H and O–H groups in total. The van der Waals surface area contributed by atoms with Crippen molar-refractivity contribution >= 4 is 22.7 Å². The summed E-state index contributed by atoms with van der Waals surface area (Å²) in [5.74, 6) is -0.453. The van der Waals surface area contributed by atoms with Crippen molar-refractivity contribution in [2.24, 2.45) is 0 Å². The minimum Gasteiger partial charge on any atom is -0.478 e. The maximum absolute atomic E-state index is 11.6. The highest BCUT2D eigenvalue weighted by molar-refractivity contribution is 5.98. The number of anilines is 1. The van der Waals surface area contributed by atoms with Crippen molar-refractivity contribution < 1.29 is 14.6 Å². The second-order valence-electron chi connectivity index (χ2n) is 5.40. The van der Waals surface area contributed by atoms with E-state index in [1.807, 2.05) is 43.1 Å². The fraction of sp³-hybridized carbons (Fsp3) is 0.375. The van der Waals surface area contributed by atoms with E-state index in [-0.39, 0.29) is 17.7 Å². The highest BCUT2D eigenvalue weighted by atomic mass is 16.5. The summed E-state index contributed by atoms with van der Waals surface area (Å²) in [7, 11) is 1.89. The monoisotopic (exact) mass is 286 g/mol. The Hall–Kier alpha value is -2.14. The van der Waals surface area contributed by atoms with Crippen molar-refractivity contribution in [1.82, 2.24) is 4.98 Å². The van der Waals surface area contributed by atoms with Gasteiger partial charge in [0, 0.05) is 19.0 Å². The van der Waals surface area contributed by atoms with Crippen molar-refractivity contribution in [3.63, 3.8) is 0 Å². The number of hydrogen-bond donors (Lipinski definition) is 1. The van der Waals surface area contributed by atoms with Gasteiger partial charge < -0.3 is 14.7 Å². The average Bonchev–Trinajstić information content (AvgIpc) is 2.91. The zero-order valence-electron chi connectivity index (χ0n) is 12.1. The van der Waals surface area contributed by atoms with Crippen molar-refractivity contribution in [3.8, 4) is 0 Å². The van der Waals surface area contributed by atoms with Crippen LogP contribution in [0.25, 0.3) is 10.9 Å². The number of para-hydroxylation sites is 1. The molecule has 5 heteroatoms. The molecule has 1 aromatic heterocycles. The number of likely N-dealkylation sites (N-methyl/N-ethyl adjacent to an activating group) is 1. The highest BCUT2D eigenvalue weighted by Crippen LogP contribution is 2.28. The Morgan fingerprint density at radius 1 is 1.43 bits per heavy atom. The summed E-state index contributed by atoms with van der Waals surface area (Å²) in [6.45, 7) is 2.71. The van der Waals surface area contributed by atoms with Crippen LogP contribution in [-0.2, 0) is 4.74 Å². The molecular weight excluding hydrogens is 268 g/mol. The van der Waals surface area contributed by atoms with Gasteiger partial charge in [-0.3, -0.25) is 0 Å². The average molecular weight is 286 g/mol. The third-order valence-corrected chi connectivity index (χ3v) is 4.10. The molecule has 0 amide bonds. The van der Waals surface area contributed by atoms with E-state index in [4.69, 9.17) is 4.74 Å². The Labute approximate surface area is 123 Å². The molecule has 2 aromatic rings. The SMILES string of the molecule is CC1OCCC1N(C)c1nc2ccccc2cc1C(=O)O. The summed E-state index contributed by atoms with van der Waals surface area (Å²) >= 11 is 0. The minimum absolute atomic E-state index is 0.0740. The Morgan fingerprint density at radius 2 is 2.19 bits per heavy atom. The number of carbonyl (C=O) groups is 1. The van der Waals surface area contributed by atoms with Crippen LogP contribution in [0.1, 0.15) is 23.7 Å². The second kappa shape index (κ2) is 5.33. The van der Waals surface area contributed by atoms with Crippen molar-refractivity contribution in [1.29, 1.82) is 0 Å². The molecule has 2 atom stereocenters. The molecule has 110 valence electrons. The van der Waals surface area contributed by atoms with Crippen LogP contribution >= 0.6 is 0 Å². The van der Waals surface area contributed by atoms with Crippen LogP contribution in [0, 0.1) is 0 Å². The van der Waals surface area contributed by atoms with Crippen LogP contribution in [0.5, 0.6) is 0 Å². The van der Waals surface area contributed by atoms with E-state index >= 15 is 0 Å². The van der Waals surface area contributed by atoms with Crippen molar-refractivity contribution in [3.05, 3.63) is 35.9 Å². The molecule has 0 radical (unpaired) electrons. The maximum atomic E-state index is 11.6. The molecular formula is C16H18N2O3. The number of carboxylic acids is 1. The number of fused-ring (bicyclic) bond motifs is 1. The summed E-state index contributed by atoms with van der Waals surface area (Å²) in [5.41, 5.74) is 1.03. The maximum Gasteiger partial charge on any atom is 0.339 e. The highest BCUT2D eigenvalue weighted by Gasteiger charge is 2.30. The number of hydrogen-bond acceptors (Lipinski definition) is 4. The third-order valence-electron chi connectivity index (χ3n) is 4.10. The molecule has 1 saturated heterocycles. The molecule has 2 unspecified atom stereocenters. The van der Waals surface area contributed by atoms with Crippen LogP contribution < -0.4 is 4.90 Å². The third kappa shape index (κ3) is 2.45. The molecule has 0 aliphatic carbocycles. The summed E-state index contributed by atoms with van der Waals surface area (Å²) in [6.07, 6.45) is 0.954. The Bertz CT molecular complexity index is 686. The van der Waals surface area contributed by atoms with Gasteiger partial charge in [-0.25, -0.2) is 9.78 Å². The van der Waals surface area contributed by atoms with Crippen LogP contribution in [0.3, 0.4) is 0 Å². The minimum atomic E-state index is -0.957. The van der Waals surface area contributed by atoms with Crippen molar-refractivity contribution in [2.45, 2.75) is 25.5 Å². The Balaban J connectivity index is 2.11. The first-order valence-corrected chi connectivity index (χ1v) is 7.05. The van der Waals surface area contributed by atoms with E-state index in [1.165, 1.54) is 0 Å². The van der Waals surface area contributed by atoms with E-state index in [1.54, 1.807) is 6.07 Å². The lowest BCUT2D eigenvalue weighted by Gasteiger charge is -2.29. The normalized spacial score (nSPS) is 21.6. The number of benzene rings is 1. The summed E-state index contributed by atoms with van der Waals surface area (Å²) in [6, 6.07) is 9.40. The number of aromatic nitrogens is 1. The fourth-order valence-corrected chi connectivity index (χ4v) is 2.92. The molecule has 0 bridgehead atoms. The van der Waals surface area contributed by atoms with Crippen LogP contribution in [0.4, 0.5) is 5.82 Å². The summed E-state index contributed by atoms with van der Waals surface area (Å²) in [5, 5.41) is 10.3. The van der Waals surface area contributed by atoms with E-state index in [2.05, 4.69) is 4.98 Å². The van der Waals surface area contributed by atoms with Crippen molar-refractivity contribution in [2.75, 3.05) is 18.6 Å². The first-order valence-electron chi connectivity index (χ1n) is 7.05. The van der Waals surface area contributed by atoms with Gasteiger partial charge in [-0.2, -0.15) is 0 Å². The molecule has 0 saturated carbocycles. The number of ether oxygens (including phenoxy) is 1. The van der Waals surface area contributed by atoms with Crippen LogP contribution in [0.2, 0.25) is 0 Å². The predicted molar refractivity (Wildman–Crippen MR) is 80.9 cm³/mol. The van der Waals surface area contributed by atoms with Gasteiger partial charge in [-0.15, -0.1) is 0 Å². The number of aromatic carboxylic acids is 1. The smallest absolute Gasteiger partial charge is 0.339 e. The molecule has 0 spiro atoms. The van der Waals surface area contributed by atoms with E-state index in [0.29, 0.717) is 12.4 Å². The molecule has 1 aliphatic heterocycles. The largest absolute Gasteiger partial charge is 0.478 e. The van der Waals surface area contributed by atoms with Gasteiger partial charge >= 0.3 is 5.97 Å². The first kappa shape index (κ1) is 13.8. The van der Waals surface area contributed by atoms with E-state index < -0.39 is 5.97 Å². The molecule has 3 rings (SSSR count). The summed E-state index contributed by atoms with van der Waals surface area (Å²) < 4.78 is 5.58. The fourth-order valence-electron chi connectivity index (χ4n) is 2.92. The number of carboxylic acid groups (broad SMARTS) is 1. The lowest BCUT2D eigenvalue weighted by Crippen LogP contribution is -2.38. The lowest BCUT2D eigenvalue weighted by molar-refractivity contribution is 0.0696. The second-order valence-corrected chi connectivity index (χ2v) is 5.40. The molecule has 1 aromatic carbocycles. The zero-order chi connectivity index (χ0) is 15.0. The van der Waals surface area contributed by atoms with Gasteiger partial charge in [0.2, 0.25) is 0 Å². The Morgan fingerprint density at radius 3 is 2.86 bits per heavy atom. The number of nitrogens with zero attached hydrogens (tertiary/aromatic N) is 2. The summed E-state index contributed by atoms with van der Waals surface area (Å²) in [4.78, 5) is 18.1. The molecule has 5 nitrogen and oxygen atoms in total. The molecule has 1 fully saturated rings. The van der Waals surface area contributed by atoms with Gasteiger partial charge in [-0.1, -0.05) is 18.2 Å². The zero-order valence-corrected chi connectivity index (χ0v) is 12.1. The van der Waals surface area contributed by atoms with Gasteiger partial charge in [0.05, 0.1) is 17.7 Å². The number of pyridine rings is 1. The van der Waals surface area contributed by atoms with Gasteiger partial charge in [0.1, 0.15) is 11.4 Å². The predicted octanol–water partition coefficient (Wildman–Crippen LogP) is 2.55. The van der Waals surface area contributed by atoms with Crippen LogP contribution in [0.15, 0.2) is 30.3 Å². The Kier molecular flexibility index (Phi) is 3.51. The van der Waals surface area contributed by atoms with E-state index in [0.717, 1.165) is 17.3 Å². The number of rotatable bonds is 3. The first-order chi connectivity index (χ1) is 10.1. The molecule has 2 heterocycles. The van der Waals surface area contributed by atoms with Gasteiger partial charge in [0.25, 0.3) is 0 Å². The standard InChI is InChI=1S/C16H18N2O3/c1-10-14(7-8-21-10)18(2)15-12(16(19)20)9-11-5-3-4-6-13(11)17-15/h3-6,9-10,14H,7-8H2,1-2H3,(H,19,20).